The summed E-state index contributed by atoms with van der Waals surface area (Å²) in [5.74, 6) is -0.857. The van der Waals surface area contributed by atoms with E-state index in [1.807, 2.05) is 0 Å². The predicted octanol–water partition coefficient (Wildman–Crippen LogP) is 3.43. The number of nitrogens with zero attached hydrogens (tertiary/aromatic N) is 2. The maximum Gasteiger partial charge on any atom is 0.433 e. The number of aromatic carboxylic acids is 1. The Morgan fingerprint density at radius 1 is 1.33 bits per heavy atom. The Morgan fingerprint density at radius 3 is 2.67 bits per heavy atom. The van der Waals surface area contributed by atoms with E-state index in [0.717, 1.165) is 25.3 Å². The van der Waals surface area contributed by atoms with Crippen molar-refractivity contribution in [1.29, 1.82) is 0 Å². The molecule has 1 aromatic rings. The van der Waals surface area contributed by atoms with E-state index in [2.05, 4.69) is 11.9 Å². The molecular formula is C14H17F3N2O2. The molecule has 0 bridgehead atoms. The molecule has 21 heavy (non-hydrogen) atoms. The molecule has 0 saturated carbocycles. The third kappa shape index (κ3) is 3.65. The van der Waals surface area contributed by atoms with Gasteiger partial charge < -0.3 is 10.0 Å². The van der Waals surface area contributed by atoms with Crippen LogP contribution >= 0.6 is 0 Å². The van der Waals surface area contributed by atoms with Crippen molar-refractivity contribution in [2.24, 2.45) is 5.92 Å². The summed E-state index contributed by atoms with van der Waals surface area (Å²) in [6.07, 6.45) is -1.96. The number of aromatic nitrogens is 1. The third-order valence-corrected chi connectivity index (χ3v) is 3.71. The van der Waals surface area contributed by atoms with Gasteiger partial charge in [0.1, 0.15) is 17.1 Å². The predicted molar refractivity (Wildman–Crippen MR) is 71.4 cm³/mol. The molecule has 1 aromatic heterocycles. The Morgan fingerprint density at radius 2 is 2.05 bits per heavy atom. The first kappa shape index (κ1) is 15.6. The molecule has 0 aliphatic carbocycles. The van der Waals surface area contributed by atoms with Crippen molar-refractivity contribution in [2.45, 2.75) is 32.4 Å². The highest BCUT2D eigenvalue weighted by molar-refractivity contribution is 5.93. The molecule has 2 heterocycles. The van der Waals surface area contributed by atoms with Gasteiger partial charge >= 0.3 is 12.1 Å². The summed E-state index contributed by atoms with van der Waals surface area (Å²) in [6, 6.07) is 1.70. The number of hydrogen-bond donors (Lipinski definition) is 1. The normalized spacial score (nSPS) is 20.2. The van der Waals surface area contributed by atoms with Crippen LogP contribution in [0.25, 0.3) is 0 Å². The van der Waals surface area contributed by atoms with Gasteiger partial charge in [-0.25, -0.2) is 9.78 Å². The smallest absolute Gasteiger partial charge is 0.433 e. The Labute approximate surface area is 120 Å². The fourth-order valence-corrected chi connectivity index (χ4v) is 2.49. The highest BCUT2D eigenvalue weighted by Gasteiger charge is 2.34. The van der Waals surface area contributed by atoms with Crippen molar-refractivity contribution in [3.8, 4) is 0 Å². The Balaban J connectivity index is 2.40. The fourth-order valence-electron chi connectivity index (χ4n) is 2.49. The number of alkyl halides is 3. The Hall–Kier alpha value is -1.79. The van der Waals surface area contributed by atoms with Crippen LogP contribution in [0.2, 0.25) is 0 Å². The van der Waals surface area contributed by atoms with Gasteiger partial charge in [-0.05, 0) is 37.3 Å². The van der Waals surface area contributed by atoms with E-state index in [4.69, 9.17) is 5.11 Å². The Bertz CT molecular complexity index is 531. The minimum Gasteiger partial charge on any atom is -0.478 e. The van der Waals surface area contributed by atoms with Gasteiger partial charge in [-0.15, -0.1) is 0 Å². The average Bonchev–Trinajstić information content (AvgIpc) is 2.61. The summed E-state index contributed by atoms with van der Waals surface area (Å²) in [7, 11) is 0. The van der Waals surface area contributed by atoms with E-state index < -0.39 is 17.8 Å². The first-order chi connectivity index (χ1) is 9.79. The number of hydrogen-bond acceptors (Lipinski definition) is 3. The second kappa shape index (κ2) is 5.91. The van der Waals surface area contributed by atoms with Gasteiger partial charge in [-0.1, -0.05) is 6.92 Å². The largest absolute Gasteiger partial charge is 0.478 e. The fraction of sp³-hybridized carbons (Fsp3) is 0.571. The molecule has 1 unspecified atom stereocenters. The number of anilines is 1. The number of carbonyl (C=O) groups is 1. The molecule has 1 saturated heterocycles. The first-order valence-electron chi connectivity index (χ1n) is 6.85. The number of carboxylic acid groups (broad SMARTS) is 1. The zero-order chi connectivity index (χ0) is 15.6. The molecule has 1 aliphatic rings. The molecule has 0 spiro atoms. The van der Waals surface area contributed by atoms with Gasteiger partial charge in [-0.2, -0.15) is 13.2 Å². The summed E-state index contributed by atoms with van der Waals surface area (Å²) < 4.78 is 38.3. The monoisotopic (exact) mass is 302 g/mol. The highest BCUT2D eigenvalue weighted by atomic mass is 19.4. The van der Waals surface area contributed by atoms with Crippen LogP contribution in [-0.2, 0) is 6.18 Å². The van der Waals surface area contributed by atoms with Crippen molar-refractivity contribution in [2.75, 3.05) is 18.0 Å². The van der Waals surface area contributed by atoms with Crippen LogP contribution in [0, 0.1) is 5.92 Å². The lowest BCUT2D eigenvalue weighted by Gasteiger charge is -2.24. The molecule has 2 rings (SSSR count). The summed E-state index contributed by atoms with van der Waals surface area (Å²) >= 11 is 0. The van der Waals surface area contributed by atoms with Gasteiger partial charge in [0.25, 0.3) is 0 Å². The van der Waals surface area contributed by atoms with Crippen molar-refractivity contribution < 1.29 is 23.1 Å². The van der Waals surface area contributed by atoms with Crippen LogP contribution in [0.1, 0.15) is 42.2 Å². The van der Waals surface area contributed by atoms with Gasteiger partial charge in [0.05, 0.1) is 0 Å². The third-order valence-electron chi connectivity index (χ3n) is 3.71. The van der Waals surface area contributed by atoms with Gasteiger partial charge in [0.2, 0.25) is 0 Å². The zero-order valence-electron chi connectivity index (χ0n) is 11.7. The standard InChI is InChI=1S/C14H17F3N2O2/c1-9-3-2-7-19(8-6-9)12-10(13(20)21)4-5-11(18-12)14(15,16)17/h4-5,9H,2-3,6-8H2,1H3,(H,20,21). The van der Waals surface area contributed by atoms with Gasteiger partial charge in [0, 0.05) is 13.1 Å². The molecule has 1 atom stereocenters. The quantitative estimate of drug-likeness (QED) is 0.909. The molecule has 1 aliphatic heterocycles. The van der Waals surface area contributed by atoms with Crippen LogP contribution in [0.15, 0.2) is 12.1 Å². The Kier molecular flexibility index (Phi) is 4.39. The second-order valence-corrected chi connectivity index (χ2v) is 5.39. The summed E-state index contributed by atoms with van der Waals surface area (Å²) in [5.41, 5.74) is -1.24. The highest BCUT2D eigenvalue weighted by Crippen LogP contribution is 2.31. The van der Waals surface area contributed by atoms with Crippen LogP contribution in [0.3, 0.4) is 0 Å². The topological polar surface area (TPSA) is 53.4 Å². The van der Waals surface area contributed by atoms with E-state index >= 15 is 0 Å². The average molecular weight is 302 g/mol. The summed E-state index contributed by atoms with van der Waals surface area (Å²) in [6.45, 7) is 3.13. The van der Waals surface area contributed by atoms with Gasteiger partial charge in [-0.3, -0.25) is 0 Å². The molecule has 4 nitrogen and oxygen atoms in total. The van der Waals surface area contributed by atoms with Crippen molar-refractivity contribution >= 4 is 11.8 Å². The minimum absolute atomic E-state index is 0.0774. The van der Waals surface area contributed by atoms with Gasteiger partial charge in [0.15, 0.2) is 0 Å². The maximum atomic E-state index is 12.8. The molecule has 0 amide bonds. The zero-order valence-corrected chi connectivity index (χ0v) is 11.7. The second-order valence-electron chi connectivity index (χ2n) is 5.39. The summed E-state index contributed by atoms with van der Waals surface area (Å²) in [5, 5.41) is 9.16. The van der Waals surface area contributed by atoms with Crippen LogP contribution in [0.5, 0.6) is 0 Å². The number of carboxylic acids is 1. The molecule has 0 aromatic carbocycles. The van der Waals surface area contributed by atoms with E-state index in [-0.39, 0.29) is 11.4 Å². The lowest BCUT2D eigenvalue weighted by molar-refractivity contribution is -0.141. The van der Waals surface area contributed by atoms with Crippen molar-refractivity contribution in [1.82, 2.24) is 4.98 Å². The number of rotatable bonds is 2. The van der Waals surface area contributed by atoms with E-state index in [1.54, 1.807) is 4.90 Å². The molecular weight excluding hydrogens is 285 g/mol. The molecule has 116 valence electrons. The van der Waals surface area contributed by atoms with E-state index in [0.29, 0.717) is 25.1 Å². The SMILES string of the molecule is CC1CCCN(c2nc(C(F)(F)F)ccc2C(=O)O)CC1. The molecule has 0 radical (unpaired) electrons. The molecule has 7 heteroatoms. The van der Waals surface area contributed by atoms with Crippen LogP contribution in [0.4, 0.5) is 19.0 Å². The number of pyridine rings is 1. The van der Waals surface area contributed by atoms with Crippen LogP contribution in [-0.4, -0.2) is 29.1 Å². The van der Waals surface area contributed by atoms with Crippen molar-refractivity contribution in [3.63, 3.8) is 0 Å². The van der Waals surface area contributed by atoms with E-state index in [9.17, 15) is 18.0 Å². The lowest BCUT2D eigenvalue weighted by atomic mass is 10.0. The molecule has 1 fully saturated rings. The first-order valence-corrected chi connectivity index (χ1v) is 6.85. The molecule has 1 N–H and O–H groups in total. The van der Waals surface area contributed by atoms with E-state index in [1.165, 1.54) is 0 Å². The summed E-state index contributed by atoms with van der Waals surface area (Å²) in [4.78, 5) is 16.5. The lowest BCUT2D eigenvalue weighted by Crippen LogP contribution is -2.28. The number of halogens is 3. The van der Waals surface area contributed by atoms with Crippen LogP contribution < -0.4 is 4.90 Å². The maximum absolute atomic E-state index is 12.8. The van der Waals surface area contributed by atoms with Crippen molar-refractivity contribution in [3.05, 3.63) is 23.4 Å². The minimum atomic E-state index is -4.58.